The van der Waals surface area contributed by atoms with Gasteiger partial charge in [-0.3, -0.25) is 0 Å². The fourth-order valence-electron chi connectivity index (χ4n) is 3.45. The second-order valence-corrected chi connectivity index (χ2v) is 6.03. The lowest BCUT2D eigenvalue weighted by molar-refractivity contribution is -0.127. The molecule has 24 heavy (non-hydrogen) atoms. The van der Waals surface area contributed by atoms with Gasteiger partial charge in [0.25, 0.3) is 0 Å². The Kier molecular flexibility index (Phi) is 4.35. The highest BCUT2D eigenvalue weighted by Gasteiger charge is 2.33. The molecule has 0 N–H and O–H groups in total. The predicted octanol–water partition coefficient (Wildman–Crippen LogP) is 6.43. The van der Waals surface area contributed by atoms with Crippen LogP contribution >= 0.6 is 0 Å². The standard InChI is InChI=1S/C21H19F3/c1-3-15-17-11-5-4-6-12-18(17)19(13-21(22,23)24)20(15)16-10-8-7-9-14(16)2/h4-12H,3,13H2,1-2H3. The van der Waals surface area contributed by atoms with E-state index >= 15 is 0 Å². The van der Waals surface area contributed by atoms with E-state index in [4.69, 9.17) is 0 Å². The number of hydrogen-bond donors (Lipinski definition) is 0. The van der Waals surface area contributed by atoms with Gasteiger partial charge in [-0.1, -0.05) is 61.5 Å². The molecular formula is C21H19F3. The Morgan fingerprint density at radius 2 is 1.29 bits per heavy atom. The van der Waals surface area contributed by atoms with Gasteiger partial charge in [0.15, 0.2) is 0 Å². The molecule has 0 fully saturated rings. The number of rotatable bonds is 3. The first kappa shape index (κ1) is 16.6. The number of alkyl halides is 3. The van der Waals surface area contributed by atoms with Crippen LogP contribution in [0.15, 0.2) is 54.6 Å². The molecule has 0 nitrogen and oxygen atoms in total. The lowest BCUT2D eigenvalue weighted by atomic mass is 9.94. The lowest BCUT2D eigenvalue weighted by Gasteiger charge is -2.13. The van der Waals surface area contributed by atoms with Gasteiger partial charge >= 0.3 is 6.18 Å². The minimum Gasteiger partial charge on any atom is -0.171 e. The molecule has 0 heterocycles. The maximum absolute atomic E-state index is 13.3. The van der Waals surface area contributed by atoms with Crippen molar-refractivity contribution in [1.29, 1.82) is 0 Å². The highest BCUT2D eigenvalue weighted by Crippen LogP contribution is 2.45. The quantitative estimate of drug-likeness (QED) is 0.519. The van der Waals surface area contributed by atoms with Crippen molar-refractivity contribution in [2.24, 2.45) is 0 Å². The van der Waals surface area contributed by atoms with Gasteiger partial charge in [0.1, 0.15) is 0 Å². The van der Waals surface area contributed by atoms with Crippen molar-refractivity contribution in [1.82, 2.24) is 0 Å². The van der Waals surface area contributed by atoms with Crippen LogP contribution in [0.1, 0.15) is 23.6 Å². The van der Waals surface area contributed by atoms with Crippen LogP contribution in [0, 0.1) is 6.92 Å². The number of halogens is 3. The van der Waals surface area contributed by atoms with Gasteiger partial charge < -0.3 is 0 Å². The molecule has 0 spiro atoms. The summed E-state index contributed by atoms with van der Waals surface area (Å²) in [4.78, 5) is 0. The lowest BCUT2D eigenvalue weighted by Crippen LogP contribution is -2.12. The zero-order valence-corrected chi connectivity index (χ0v) is 13.7. The molecule has 1 aromatic carbocycles. The first-order valence-corrected chi connectivity index (χ1v) is 8.07. The molecule has 2 aliphatic carbocycles. The van der Waals surface area contributed by atoms with Crippen LogP contribution in [0.2, 0.25) is 0 Å². The highest BCUT2D eigenvalue weighted by molar-refractivity contribution is 5.90. The molecule has 1 aromatic rings. The fourth-order valence-corrected chi connectivity index (χ4v) is 3.45. The smallest absolute Gasteiger partial charge is 0.171 e. The van der Waals surface area contributed by atoms with E-state index in [9.17, 15) is 13.2 Å². The maximum atomic E-state index is 13.3. The van der Waals surface area contributed by atoms with Crippen LogP contribution < -0.4 is 0 Å². The molecule has 0 unspecified atom stereocenters. The molecule has 3 rings (SSSR count). The molecule has 0 atom stereocenters. The Bertz CT molecular complexity index is 831. The molecular weight excluding hydrogens is 309 g/mol. The van der Waals surface area contributed by atoms with Gasteiger partial charge in [0.2, 0.25) is 0 Å². The molecule has 0 amide bonds. The van der Waals surface area contributed by atoms with Crippen LogP contribution in [0.5, 0.6) is 0 Å². The summed E-state index contributed by atoms with van der Waals surface area (Å²) in [5.41, 5.74) is 5.65. The second-order valence-electron chi connectivity index (χ2n) is 6.03. The van der Waals surface area contributed by atoms with E-state index in [-0.39, 0.29) is 0 Å². The number of benzene rings is 1. The molecule has 0 saturated heterocycles. The molecule has 0 bridgehead atoms. The number of aryl methyl sites for hydroxylation is 1. The van der Waals surface area contributed by atoms with E-state index in [1.165, 1.54) is 0 Å². The topological polar surface area (TPSA) is 0 Å². The predicted molar refractivity (Wildman–Crippen MR) is 92.4 cm³/mol. The van der Waals surface area contributed by atoms with Gasteiger partial charge in [-0.2, -0.15) is 13.2 Å². The van der Waals surface area contributed by atoms with E-state index in [1.54, 1.807) is 6.07 Å². The average Bonchev–Trinajstić information content (AvgIpc) is 2.67. The maximum Gasteiger partial charge on any atom is 0.393 e. The SMILES string of the molecule is CCc1c2cccccc-2c(CC(F)(F)F)c1-c1ccccc1C. The van der Waals surface area contributed by atoms with Crippen molar-refractivity contribution in [3.63, 3.8) is 0 Å². The first-order chi connectivity index (χ1) is 11.4. The highest BCUT2D eigenvalue weighted by atomic mass is 19.4. The van der Waals surface area contributed by atoms with Gasteiger partial charge in [0, 0.05) is 0 Å². The summed E-state index contributed by atoms with van der Waals surface area (Å²) in [6.45, 7) is 3.95. The van der Waals surface area contributed by atoms with Gasteiger partial charge in [0.05, 0.1) is 6.42 Å². The molecule has 0 saturated carbocycles. The summed E-state index contributed by atoms with van der Waals surface area (Å²) in [6.07, 6.45) is -4.45. The fraction of sp³-hybridized carbons (Fsp3) is 0.238. The molecule has 0 radical (unpaired) electrons. The summed E-state index contributed by atoms with van der Waals surface area (Å²) in [5, 5.41) is 0. The van der Waals surface area contributed by atoms with Crippen LogP contribution in [0.25, 0.3) is 22.3 Å². The molecule has 2 aliphatic rings. The van der Waals surface area contributed by atoms with Crippen molar-refractivity contribution >= 4 is 0 Å². The Hall–Kier alpha value is -2.29. The summed E-state index contributed by atoms with van der Waals surface area (Å²) in [5.74, 6) is 0. The number of fused-ring (bicyclic) bond motifs is 1. The monoisotopic (exact) mass is 328 g/mol. The van der Waals surface area contributed by atoms with Crippen LogP contribution in [0.3, 0.4) is 0 Å². The van der Waals surface area contributed by atoms with E-state index in [2.05, 4.69) is 0 Å². The Morgan fingerprint density at radius 1 is 0.750 bits per heavy atom. The normalized spacial score (nSPS) is 11.9. The average molecular weight is 328 g/mol. The van der Waals surface area contributed by atoms with E-state index in [1.807, 2.05) is 62.4 Å². The zero-order chi connectivity index (χ0) is 17.3. The Morgan fingerprint density at radius 3 is 1.88 bits per heavy atom. The second kappa shape index (κ2) is 6.31. The molecule has 0 aliphatic heterocycles. The van der Waals surface area contributed by atoms with Gasteiger partial charge in [-0.25, -0.2) is 0 Å². The number of hydrogen-bond acceptors (Lipinski definition) is 0. The zero-order valence-electron chi connectivity index (χ0n) is 13.7. The van der Waals surface area contributed by atoms with Crippen molar-refractivity contribution in [2.75, 3.05) is 0 Å². The van der Waals surface area contributed by atoms with Crippen molar-refractivity contribution in [3.05, 3.63) is 71.3 Å². The third-order valence-corrected chi connectivity index (χ3v) is 4.44. The Labute approximate surface area is 140 Å². The van der Waals surface area contributed by atoms with E-state index in [0.717, 1.165) is 27.8 Å². The summed E-state index contributed by atoms with van der Waals surface area (Å²) in [6, 6.07) is 16.9. The van der Waals surface area contributed by atoms with E-state index < -0.39 is 12.6 Å². The van der Waals surface area contributed by atoms with Crippen molar-refractivity contribution in [2.45, 2.75) is 32.9 Å². The van der Waals surface area contributed by atoms with Crippen LogP contribution in [-0.2, 0) is 12.8 Å². The minimum atomic E-state index is -4.24. The summed E-state index contributed by atoms with van der Waals surface area (Å²) < 4.78 is 39.8. The first-order valence-electron chi connectivity index (χ1n) is 8.07. The summed E-state index contributed by atoms with van der Waals surface area (Å²) in [7, 11) is 0. The van der Waals surface area contributed by atoms with Crippen molar-refractivity contribution < 1.29 is 13.2 Å². The van der Waals surface area contributed by atoms with Crippen LogP contribution in [0.4, 0.5) is 13.2 Å². The van der Waals surface area contributed by atoms with Crippen molar-refractivity contribution in [3.8, 4) is 22.3 Å². The molecule has 3 heteroatoms. The third kappa shape index (κ3) is 3.03. The summed E-state index contributed by atoms with van der Waals surface area (Å²) >= 11 is 0. The van der Waals surface area contributed by atoms with Crippen LogP contribution in [-0.4, -0.2) is 6.18 Å². The molecule has 124 valence electrons. The third-order valence-electron chi connectivity index (χ3n) is 4.44. The van der Waals surface area contributed by atoms with E-state index in [0.29, 0.717) is 17.5 Å². The Balaban J connectivity index is 2.39. The largest absolute Gasteiger partial charge is 0.393 e. The van der Waals surface area contributed by atoms with Gasteiger partial charge in [-0.05, 0) is 52.3 Å². The van der Waals surface area contributed by atoms with Gasteiger partial charge in [-0.15, -0.1) is 0 Å². The molecule has 0 aromatic heterocycles. The minimum absolute atomic E-state index is 0.389.